The normalized spacial score (nSPS) is 12.0. The van der Waals surface area contributed by atoms with Crippen LogP contribution in [0.3, 0.4) is 0 Å². The summed E-state index contributed by atoms with van der Waals surface area (Å²) in [6.45, 7) is 11.5. The van der Waals surface area contributed by atoms with E-state index in [1.807, 2.05) is 32.9 Å². The van der Waals surface area contributed by atoms with Gasteiger partial charge in [0.2, 0.25) is 0 Å². The number of rotatable bonds is 3. The number of fused-ring (bicyclic) bond motifs is 1. The summed E-state index contributed by atoms with van der Waals surface area (Å²) < 4.78 is 8.29. The fraction of sp³-hybridized carbons (Fsp3) is 0.308. The Hall–Kier alpha value is -3.56. The van der Waals surface area contributed by atoms with Crippen LogP contribution in [0.15, 0.2) is 48.7 Å². The molecular formula is C26H28Cl2N6O3. The number of hydrogen-bond donors (Lipinski definition) is 2. The van der Waals surface area contributed by atoms with Gasteiger partial charge in [0.15, 0.2) is 0 Å². The average Bonchev–Trinajstić information content (AvgIpc) is 3.39. The molecule has 0 spiro atoms. The van der Waals surface area contributed by atoms with Crippen LogP contribution in [0.25, 0.3) is 16.6 Å². The first-order valence-electron chi connectivity index (χ1n) is 11.6. The molecule has 4 rings (SSSR count). The van der Waals surface area contributed by atoms with E-state index in [1.165, 1.54) is 4.68 Å². The first-order chi connectivity index (χ1) is 17.2. The second kappa shape index (κ2) is 9.72. The van der Waals surface area contributed by atoms with Gasteiger partial charge in [-0.2, -0.15) is 14.9 Å². The van der Waals surface area contributed by atoms with E-state index in [9.17, 15) is 9.59 Å². The van der Waals surface area contributed by atoms with E-state index in [-0.39, 0.29) is 10.4 Å². The van der Waals surface area contributed by atoms with Crippen molar-refractivity contribution in [2.75, 3.05) is 10.6 Å². The van der Waals surface area contributed by atoms with Crippen molar-refractivity contribution in [3.05, 3.63) is 64.4 Å². The number of urea groups is 1. The zero-order chi connectivity index (χ0) is 27.1. The number of carbonyl (C=O) groups is 2. The Kier molecular flexibility index (Phi) is 6.96. The summed E-state index contributed by atoms with van der Waals surface area (Å²) in [4.78, 5) is 25.4. The minimum Gasteiger partial charge on any atom is -0.442 e. The number of hydrogen-bond acceptors (Lipinski definition) is 5. The molecule has 11 heteroatoms. The molecule has 2 aromatic carbocycles. The molecule has 2 heterocycles. The number of nitrogens with one attached hydrogen (secondary N) is 2. The predicted molar refractivity (Wildman–Crippen MR) is 146 cm³/mol. The summed E-state index contributed by atoms with van der Waals surface area (Å²) in [5, 5.41) is 15.8. The number of carbonyl (C=O) groups excluding carboxylic acids is 2. The monoisotopic (exact) mass is 542 g/mol. The fourth-order valence-electron chi connectivity index (χ4n) is 3.51. The standard InChI is InChI=1S/C26H28Cl2N6O3/c1-25(2,3)20-13-21(31-23(35)30-18-9-7-8-17(27)22(18)28)33(32-20)16-10-11-19-15(12-16)14-29-34(19)24(36)37-26(4,5)6/h7-14H,1-6H3,(H2,30,31,35). The molecule has 4 aromatic rings. The number of ether oxygens (including phenoxy) is 1. The summed E-state index contributed by atoms with van der Waals surface area (Å²) in [5.74, 6) is 0.444. The fourth-order valence-corrected chi connectivity index (χ4v) is 3.85. The second-order valence-electron chi connectivity index (χ2n) is 10.5. The van der Waals surface area contributed by atoms with Crippen LogP contribution in [-0.4, -0.2) is 37.3 Å². The van der Waals surface area contributed by atoms with Crippen LogP contribution in [-0.2, 0) is 10.2 Å². The Morgan fingerprint density at radius 3 is 2.38 bits per heavy atom. The molecule has 9 nitrogen and oxygen atoms in total. The van der Waals surface area contributed by atoms with Gasteiger partial charge in [-0.3, -0.25) is 5.32 Å². The zero-order valence-electron chi connectivity index (χ0n) is 21.4. The van der Waals surface area contributed by atoms with E-state index in [0.717, 1.165) is 5.69 Å². The van der Waals surface area contributed by atoms with Crippen molar-refractivity contribution in [1.29, 1.82) is 0 Å². The highest BCUT2D eigenvalue weighted by molar-refractivity contribution is 6.44. The number of aromatic nitrogens is 4. The highest BCUT2D eigenvalue weighted by Crippen LogP contribution is 2.31. The minimum atomic E-state index is -0.649. The first kappa shape index (κ1) is 26.5. The van der Waals surface area contributed by atoms with E-state index in [2.05, 4.69) is 15.7 Å². The van der Waals surface area contributed by atoms with Crippen molar-refractivity contribution in [2.45, 2.75) is 52.6 Å². The summed E-state index contributed by atoms with van der Waals surface area (Å²) in [6, 6.07) is 11.7. The first-order valence-corrected chi connectivity index (χ1v) is 12.3. The van der Waals surface area contributed by atoms with Crippen molar-refractivity contribution in [3.8, 4) is 5.69 Å². The molecule has 37 heavy (non-hydrogen) atoms. The van der Waals surface area contributed by atoms with Crippen LogP contribution < -0.4 is 10.6 Å². The summed E-state index contributed by atoms with van der Waals surface area (Å²) >= 11 is 12.3. The summed E-state index contributed by atoms with van der Waals surface area (Å²) in [7, 11) is 0. The van der Waals surface area contributed by atoms with Gasteiger partial charge in [0.05, 0.1) is 38.8 Å². The molecule has 0 aliphatic carbocycles. The van der Waals surface area contributed by atoms with Crippen LogP contribution in [0.4, 0.5) is 21.1 Å². The van der Waals surface area contributed by atoms with E-state index >= 15 is 0 Å². The number of anilines is 2. The Morgan fingerprint density at radius 1 is 0.973 bits per heavy atom. The minimum absolute atomic E-state index is 0.246. The molecule has 0 unspecified atom stereocenters. The Morgan fingerprint density at radius 2 is 1.70 bits per heavy atom. The maximum atomic E-state index is 12.9. The third kappa shape index (κ3) is 5.89. The molecule has 2 N–H and O–H groups in total. The van der Waals surface area contributed by atoms with E-state index < -0.39 is 17.7 Å². The molecule has 0 bridgehead atoms. The average molecular weight is 543 g/mol. The number of halogens is 2. The molecule has 0 saturated carbocycles. The highest BCUT2D eigenvalue weighted by Gasteiger charge is 2.23. The Bertz CT molecular complexity index is 1490. The van der Waals surface area contributed by atoms with Gasteiger partial charge in [-0.25, -0.2) is 14.3 Å². The Balaban J connectivity index is 1.68. The van der Waals surface area contributed by atoms with Gasteiger partial charge in [0.25, 0.3) is 0 Å². The summed E-state index contributed by atoms with van der Waals surface area (Å²) in [5.41, 5.74) is 1.48. The lowest BCUT2D eigenvalue weighted by Crippen LogP contribution is -2.27. The summed E-state index contributed by atoms with van der Waals surface area (Å²) in [6.07, 6.45) is 1.01. The second-order valence-corrected chi connectivity index (χ2v) is 11.3. The van der Waals surface area contributed by atoms with Crippen LogP contribution >= 0.6 is 23.2 Å². The van der Waals surface area contributed by atoms with Gasteiger partial charge < -0.3 is 10.1 Å². The number of benzene rings is 2. The molecule has 0 saturated heterocycles. The lowest BCUT2D eigenvalue weighted by Gasteiger charge is -2.19. The topological polar surface area (TPSA) is 103 Å². The van der Waals surface area contributed by atoms with E-state index in [1.54, 1.807) is 62.0 Å². The van der Waals surface area contributed by atoms with Crippen LogP contribution in [0, 0.1) is 0 Å². The van der Waals surface area contributed by atoms with E-state index in [4.69, 9.17) is 33.0 Å². The highest BCUT2D eigenvalue weighted by atomic mass is 35.5. The van der Waals surface area contributed by atoms with Gasteiger partial charge in [-0.05, 0) is 51.1 Å². The van der Waals surface area contributed by atoms with Gasteiger partial charge in [-0.1, -0.05) is 50.0 Å². The molecule has 2 amide bonds. The molecular weight excluding hydrogens is 515 g/mol. The van der Waals surface area contributed by atoms with Crippen molar-refractivity contribution in [1.82, 2.24) is 19.6 Å². The molecule has 2 aromatic heterocycles. The van der Waals surface area contributed by atoms with E-state index in [0.29, 0.717) is 33.1 Å². The predicted octanol–water partition coefficient (Wildman–Crippen LogP) is 7.25. The largest absolute Gasteiger partial charge is 0.442 e. The van der Waals surface area contributed by atoms with Gasteiger partial charge in [0.1, 0.15) is 11.4 Å². The molecule has 0 aliphatic rings. The lowest BCUT2D eigenvalue weighted by molar-refractivity contribution is 0.0522. The lowest BCUT2D eigenvalue weighted by atomic mass is 9.92. The van der Waals surface area contributed by atoms with Crippen molar-refractivity contribution < 1.29 is 14.3 Å². The van der Waals surface area contributed by atoms with Gasteiger partial charge in [-0.15, -0.1) is 0 Å². The number of nitrogens with zero attached hydrogens (tertiary/aromatic N) is 4. The zero-order valence-corrected chi connectivity index (χ0v) is 22.9. The Labute approximate surface area is 224 Å². The van der Waals surface area contributed by atoms with Crippen molar-refractivity contribution in [3.63, 3.8) is 0 Å². The van der Waals surface area contributed by atoms with Crippen molar-refractivity contribution >= 4 is 57.7 Å². The van der Waals surface area contributed by atoms with Crippen LogP contribution in [0.2, 0.25) is 10.0 Å². The molecule has 0 fully saturated rings. The SMILES string of the molecule is CC(C)(C)OC(=O)n1ncc2cc(-n3nc(C(C)(C)C)cc3NC(=O)Nc3cccc(Cl)c3Cl)ccc21. The van der Waals surface area contributed by atoms with Gasteiger partial charge >= 0.3 is 12.1 Å². The maximum absolute atomic E-state index is 12.9. The smallest absolute Gasteiger partial charge is 0.435 e. The molecule has 194 valence electrons. The van der Waals surface area contributed by atoms with Crippen molar-refractivity contribution in [2.24, 2.45) is 0 Å². The van der Waals surface area contributed by atoms with Crippen LogP contribution in [0.1, 0.15) is 47.2 Å². The quantitative estimate of drug-likeness (QED) is 0.283. The molecule has 0 radical (unpaired) electrons. The third-order valence-electron chi connectivity index (χ3n) is 5.28. The van der Waals surface area contributed by atoms with Crippen LogP contribution in [0.5, 0.6) is 0 Å². The maximum Gasteiger partial charge on any atom is 0.435 e. The molecule has 0 atom stereocenters. The molecule has 0 aliphatic heterocycles. The third-order valence-corrected chi connectivity index (χ3v) is 6.10. The van der Waals surface area contributed by atoms with Gasteiger partial charge in [0, 0.05) is 16.9 Å². The number of amides is 2.